The number of anilines is 2. The van der Waals surface area contributed by atoms with Crippen LogP contribution in [0.4, 0.5) is 15.8 Å². The van der Waals surface area contributed by atoms with Crippen LogP contribution in [0.25, 0.3) is 22.4 Å². The van der Waals surface area contributed by atoms with Gasteiger partial charge in [0.05, 0.1) is 18.1 Å². The molecular formula is C28H21FN4O3. The van der Waals surface area contributed by atoms with E-state index < -0.39 is 0 Å². The second-order valence-electron chi connectivity index (χ2n) is 8.04. The molecule has 1 aromatic heterocycles. The number of ether oxygens (including phenoxy) is 1. The number of fused-ring (bicyclic) bond motifs is 1. The lowest BCUT2D eigenvalue weighted by atomic mass is 10.1. The lowest BCUT2D eigenvalue weighted by molar-refractivity contribution is 0.101. The Kier molecular flexibility index (Phi) is 6.15. The number of aromatic amines is 1. The van der Waals surface area contributed by atoms with Crippen molar-refractivity contribution in [3.8, 4) is 17.1 Å². The van der Waals surface area contributed by atoms with Gasteiger partial charge in [-0.3, -0.25) is 9.59 Å². The van der Waals surface area contributed by atoms with Crippen LogP contribution >= 0.6 is 0 Å². The van der Waals surface area contributed by atoms with Crippen molar-refractivity contribution in [2.24, 2.45) is 0 Å². The molecule has 0 fully saturated rings. The van der Waals surface area contributed by atoms with Crippen molar-refractivity contribution in [3.63, 3.8) is 0 Å². The van der Waals surface area contributed by atoms with E-state index in [1.54, 1.807) is 61.7 Å². The Morgan fingerprint density at radius 2 is 1.36 bits per heavy atom. The van der Waals surface area contributed by atoms with E-state index in [-0.39, 0.29) is 17.6 Å². The maximum absolute atomic E-state index is 13.1. The van der Waals surface area contributed by atoms with Gasteiger partial charge in [0.15, 0.2) is 0 Å². The first kappa shape index (κ1) is 22.8. The number of aromatic nitrogens is 2. The average Bonchev–Trinajstić information content (AvgIpc) is 3.34. The first-order chi connectivity index (χ1) is 17.5. The molecule has 4 aromatic carbocycles. The number of nitrogens with zero attached hydrogens (tertiary/aromatic N) is 1. The Morgan fingerprint density at radius 3 is 2.00 bits per heavy atom. The summed E-state index contributed by atoms with van der Waals surface area (Å²) in [5.41, 5.74) is 4.29. The van der Waals surface area contributed by atoms with Gasteiger partial charge in [-0.2, -0.15) is 0 Å². The van der Waals surface area contributed by atoms with Gasteiger partial charge in [0.25, 0.3) is 11.8 Å². The summed E-state index contributed by atoms with van der Waals surface area (Å²) in [6, 6.07) is 24.9. The van der Waals surface area contributed by atoms with E-state index in [0.29, 0.717) is 39.6 Å². The minimum Gasteiger partial charge on any atom is -0.497 e. The number of benzene rings is 4. The molecule has 2 amide bonds. The van der Waals surface area contributed by atoms with Crippen LogP contribution < -0.4 is 15.4 Å². The molecule has 7 nitrogen and oxygen atoms in total. The van der Waals surface area contributed by atoms with Crippen LogP contribution in [0, 0.1) is 5.82 Å². The Labute approximate surface area is 206 Å². The smallest absolute Gasteiger partial charge is 0.255 e. The fourth-order valence-electron chi connectivity index (χ4n) is 3.68. The zero-order valence-corrected chi connectivity index (χ0v) is 19.2. The summed E-state index contributed by atoms with van der Waals surface area (Å²) in [6.45, 7) is 0. The summed E-state index contributed by atoms with van der Waals surface area (Å²) in [5.74, 6) is 0.407. The van der Waals surface area contributed by atoms with E-state index in [1.165, 1.54) is 24.3 Å². The van der Waals surface area contributed by atoms with E-state index in [1.807, 2.05) is 12.1 Å². The topological polar surface area (TPSA) is 96.1 Å². The van der Waals surface area contributed by atoms with Crippen molar-refractivity contribution in [2.45, 2.75) is 0 Å². The zero-order chi connectivity index (χ0) is 25.1. The molecule has 5 aromatic rings. The largest absolute Gasteiger partial charge is 0.497 e. The number of H-pyrrole nitrogens is 1. The van der Waals surface area contributed by atoms with Gasteiger partial charge in [0, 0.05) is 28.1 Å². The average molecular weight is 480 g/mol. The molecule has 0 saturated carbocycles. The van der Waals surface area contributed by atoms with Crippen LogP contribution in [0.5, 0.6) is 5.75 Å². The molecule has 0 spiro atoms. The molecule has 0 aliphatic carbocycles. The molecular weight excluding hydrogens is 459 g/mol. The summed E-state index contributed by atoms with van der Waals surface area (Å²) in [7, 11) is 1.59. The Morgan fingerprint density at radius 1 is 0.778 bits per heavy atom. The first-order valence-electron chi connectivity index (χ1n) is 11.1. The van der Waals surface area contributed by atoms with E-state index in [4.69, 9.17) is 4.74 Å². The second kappa shape index (κ2) is 9.71. The third kappa shape index (κ3) is 4.92. The summed E-state index contributed by atoms with van der Waals surface area (Å²) in [4.78, 5) is 33.0. The molecule has 1 heterocycles. The minimum atomic E-state index is -0.371. The fraction of sp³-hybridized carbons (Fsp3) is 0.0357. The Hall–Kier alpha value is -4.98. The molecule has 0 unspecified atom stereocenters. The van der Waals surface area contributed by atoms with E-state index in [9.17, 15) is 14.0 Å². The summed E-state index contributed by atoms with van der Waals surface area (Å²) < 4.78 is 18.2. The van der Waals surface area contributed by atoms with Crippen LogP contribution in [0.2, 0.25) is 0 Å². The number of carbonyl (C=O) groups excluding carboxylic acids is 2. The zero-order valence-electron chi connectivity index (χ0n) is 19.2. The van der Waals surface area contributed by atoms with Gasteiger partial charge in [-0.15, -0.1) is 0 Å². The summed E-state index contributed by atoms with van der Waals surface area (Å²) >= 11 is 0. The Balaban J connectivity index is 1.30. The highest BCUT2D eigenvalue weighted by molar-refractivity contribution is 6.06. The van der Waals surface area contributed by atoms with Gasteiger partial charge >= 0.3 is 0 Å². The van der Waals surface area contributed by atoms with Crippen molar-refractivity contribution in [3.05, 3.63) is 108 Å². The molecule has 0 aliphatic rings. The quantitative estimate of drug-likeness (QED) is 0.283. The van der Waals surface area contributed by atoms with Crippen molar-refractivity contribution < 1.29 is 18.7 Å². The van der Waals surface area contributed by atoms with Crippen LogP contribution in [-0.2, 0) is 0 Å². The highest BCUT2D eigenvalue weighted by Crippen LogP contribution is 2.23. The molecule has 36 heavy (non-hydrogen) atoms. The predicted octanol–water partition coefficient (Wildman–Crippen LogP) is 5.88. The number of rotatable bonds is 6. The van der Waals surface area contributed by atoms with Crippen molar-refractivity contribution >= 4 is 34.2 Å². The fourth-order valence-corrected chi connectivity index (χ4v) is 3.68. The van der Waals surface area contributed by atoms with E-state index >= 15 is 0 Å². The monoisotopic (exact) mass is 480 g/mol. The highest BCUT2D eigenvalue weighted by Gasteiger charge is 2.12. The van der Waals surface area contributed by atoms with Gasteiger partial charge in [0.1, 0.15) is 17.4 Å². The number of methoxy groups -OCH3 is 1. The normalized spacial score (nSPS) is 10.7. The van der Waals surface area contributed by atoms with Crippen LogP contribution in [0.3, 0.4) is 0 Å². The van der Waals surface area contributed by atoms with E-state index in [2.05, 4.69) is 20.6 Å². The molecule has 0 saturated heterocycles. The third-order valence-corrected chi connectivity index (χ3v) is 5.62. The lowest BCUT2D eigenvalue weighted by Crippen LogP contribution is -2.11. The van der Waals surface area contributed by atoms with Crippen molar-refractivity contribution in [1.29, 1.82) is 0 Å². The van der Waals surface area contributed by atoms with E-state index in [0.717, 1.165) is 11.1 Å². The molecule has 8 heteroatoms. The number of hydrogen-bond acceptors (Lipinski definition) is 4. The number of nitrogens with one attached hydrogen (secondary N) is 3. The SMILES string of the molecule is COc1ccc(NC(=O)c2ccc(-c3nc4cc(C(=O)Nc5ccc(F)cc5)ccc4[nH]3)cc2)cc1. The molecule has 5 rings (SSSR count). The number of amides is 2. The molecule has 0 bridgehead atoms. The number of halogens is 1. The molecule has 178 valence electrons. The third-order valence-electron chi connectivity index (χ3n) is 5.62. The number of imidazole rings is 1. The second-order valence-corrected chi connectivity index (χ2v) is 8.04. The van der Waals surface area contributed by atoms with Gasteiger partial charge in [0.2, 0.25) is 0 Å². The molecule has 0 radical (unpaired) electrons. The van der Waals surface area contributed by atoms with Crippen LogP contribution in [0.15, 0.2) is 91.0 Å². The van der Waals surface area contributed by atoms with Crippen LogP contribution in [0.1, 0.15) is 20.7 Å². The standard InChI is InChI=1S/C28H21FN4O3/c1-36-23-13-11-22(12-14-23)30-27(34)18-4-2-17(3-5-18)26-32-24-15-6-19(16-25(24)33-26)28(35)31-21-9-7-20(29)8-10-21/h2-16H,1H3,(H,30,34)(H,31,35)(H,32,33). The first-order valence-corrected chi connectivity index (χ1v) is 11.1. The molecule has 0 aliphatic heterocycles. The van der Waals surface area contributed by atoms with Gasteiger partial charge in [-0.1, -0.05) is 12.1 Å². The predicted molar refractivity (Wildman–Crippen MR) is 137 cm³/mol. The molecule has 3 N–H and O–H groups in total. The summed E-state index contributed by atoms with van der Waals surface area (Å²) in [6.07, 6.45) is 0. The maximum atomic E-state index is 13.1. The minimum absolute atomic E-state index is 0.229. The molecule has 0 atom stereocenters. The van der Waals surface area contributed by atoms with Crippen molar-refractivity contribution in [1.82, 2.24) is 9.97 Å². The lowest BCUT2D eigenvalue weighted by Gasteiger charge is -2.07. The van der Waals surface area contributed by atoms with Gasteiger partial charge in [-0.05, 0) is 78.9 Å². The van der Waals surface area contributed by atoms with Crippen molar-refractivity contribution in [2.75, 3.05) is 17.7 Å². The summed E-state index contributed by atoms with van der Waals surface area (Å²) in [5, 5.41) is 5.59. The highest BCUT2D eigenvalue weighted by atomic mass is 19.1. The number of carbonyl (C=O) groups is 2. The Bertz CT molecular complexity index is 1540. The van der Waals surface area contributed by atoms with Crippen LogP contribution in [-0.4, -0.2) is 28.9 Å². The number of hydrogen-bond donors (Lipinski definition) is 3. The maximum Gasteiger partial charge on any atom is 0.255 e. The van der Waals surface area contributed by atoms with Gasteiger partial charge < -0.3 is 20.4 Å². The van der Waals surface area contributed by atoms with Gasteiger partial charge in [-0.25, -0.2) is 9.37 Å².